The molecule has 0 fully saturated rings. The van der Waals surface area contributed by atoms with Crippen molar-refractivity contribution in [3.8, 4) is 34.1 Å². The Bertz CT molecular complexity index is 1930. The summed E-state index contributed by atoms with van der Waals surface area (Å²) < 4.78 is 59.9. The first-order chi connectivity index (χ1) is 25.3. The van der Waals surface area contributed by atoms with Gasteiger partial charge in [0.15, 0.2) is 16.1 Å². The molecule has 276 valence electrons. The zero-order valence-corrected chi connectivity index (χ0v) is 31.3. The van der Waals surface area contributed by atoms with Gasteiger partial charge < -0.3 is 28.4 Å². The van der Waals surface area contributed by atoms with Gasteiger partial charge in [0, 0.05) is 43.5 Å². The number of hydrogen-bond donors (Lipinski definition) is 0. The molecule has 0 unspecified atom stereocenters. The predicted molar refractivity (Wildman–Crippen MR) is 205 cm³/mol. The number of fused-ring (bicyclic) bond motifs is 1. The van der Waals surface area contributed by atoms with E-state index >= 15 is 0 Å². The van der Waals surface area contributed by atoms with E-state index in [1.807, 2.05) is 111 Å². The summed E-state index contributed by atoms with van der Waals surface area (Å²) in [5.74, 6) is 2.79. The summed E-state index contributed by atoms with van der Waals surface area (Å²) in [7, 11) is -3.33. The molecule has 0 radical (unpaired) electrons. The molecule has 0 atom stereocenters. The van der Waals surface area contributed by atoms with Crippen molar-refractivity contribution in [1.82, 2.24) is 4.90 Å². The van der Waals surface area contributed by atoms with Crippen molar-refractivity contribution in [3.63, 3.8) is 0 Å². The summed E-state index contributed by atoms with van der Waals surface area (Å²) in [5, 5.41) is 1.85. The average molecular weight is 728 g/mol. The van der Waals surface area contributed by atoms with Gasteiger partial charge in [0.05, 0.1) is 18.1 Å². The van der Waals surface area contributed by atoms with Crippen LogP contribution in [0, 0.1) is 0 Å². The van der Waals surface area contributed by atoms with E-state index in [9.17, 15) is 8.42 Å². The Morgan fingerprint density at radius 3 is 2.04 bits per heavy atom. The third kappa shape index (κ3) is 11.3. The molecule has 10 heteroatoms. The van der Waals surface area contributed by atoms with Crippen molar-refractivity contribution < 1.29 is 36.8 Å². The largest absolute Gasteiger partial charge is 0.492 e. The molecular formula is C42H49NO8S. The van der Waals surface area contributed by atoms with Crippen molar-refractivity contribution in [2.45, 2.75) is 38.6 Å². The molecule has 0 aliphatic heterocycles. The second-order valence-corrected chi connectivity index (χ2v) is 14.2. The molecule has 0 aliphatic carbocycles. The van der Waals surface area contributed by atoms with Crippen molar-refractivity contribution in [1.29, 1.82) is 0 Å². The summed E-state index contributed by atoms with van der Waals surface area (Å²) >= 11 is 0. The fraction of sp³-hybridized carbons (Fsp3) is 0.333. The topological polar surface area (TPSA) is 92.8 Å². The fourth-order valence-corrected chi connectivity index (χ4v) is 6.29. The number of likely N-dealkylation sites (N-methyl/N-ethyl adjacent to an activating group) is 1. The summed E-state index contributed by atoms with van der Waals surface area (Å²) in [6, 6.07) is 34.4. The summed E-state index contributed by atoms with van der Waals surface area (Å²) in [5.41, 5.74) is 2.76. The zero-order valence-electron chi connectivity index (χ0n) is 30.5. The SMILES string of the molecule is CCOC(COCCN(CC)CCOc1ccc(Oc2c(-c3ccc(S(C)(=O)=O)cc3)ccc3cc(OCc4ccccc4)ccc23)cc1)OCC. The maximum absolute atomic E-state index is 12.1. The van der Waals surface area contributed by atoms with E-state index in [-0.39, 0.29) is 11.2 Å². The lowest BCUT2D eigenvalue weighted by molar-refractivity contribution is -0.167. The van der Waals surface area contributed by atoms with E-state index in [2.05, 4.69) is 11.8 Å². The number of rotatable bonds is 21. The van der Waals surface area contributed by atoms with Crippen LogP contribution in [0.2, 0.25) is 0 Å². The van der Waals surface area contributed by atoms with Gasteiger partial charge in [-0.1, -0.05) is 55.5 Å². The normalized spacial score (nSPS) is 11.7. The zero-order chi connectivity index (χ0) is 36.8. The van der Waals surface area contributed by atoms with Crippen LogP contribution < -0.4 is 14.2 Å². The smallest absolute Gasteiger partial charge is 0.180 e. The molecular weight excluding hydrogens is 679 g/mol. The Balaban J connectivity index is 1.26. The summed E-state index contributed by atoms with van der Waals surface area (Å²) in [4.78, 5) is 2.54. The summed E-state index contributed by atoms with van der Waals surface area (Å²) in [6.45, 7) is 11.6. The van der Waals surface area contributed by atoms with Gasteiger partial charge in [-0.2, -0.15) is 0 Å². The van der Waals surface area contributed by atoms with Crippen LogP contribution in [-0.2, 0) is 30.7 Å². The van der Waals surface area contributed by atoms with Gasteiger partial charge in [0.2, 0.25) is 0 Å². The highest BCUT2D eigenvalue weighted by molar-refractivity contribution is 7.90. The van der Waals surface area contributed by atoms with E-state index in [4.69, 9.17) is 28.4 Å². The van der Waals surface area contributed by atoms with Gasteiger partial charge >= 0.3 is 0 Å². The monoisotopic (exact) mass is 727 g/mol. The molecule has 5 aromatic rings. The van der Waals surface area contributed by atoms with Gasteiger partial charge in [0.1, 0.15) is 36.2 Å². The highest BCUT2D eigenvalue weighted by atomic mass is 32.2. The molecule has 0 heterocycles. The standard InChI is InChI=1S/C42H49NO8S/c1-5-43(25-27-46-31-41(47-6-2)48-7-3)26-28-49-35-16-18-36(19-17-35)51-42-39(33-13-21-38(22-14-33)52(4,44)45)23-15-34-29-37(20-24-40(34)42)50-30-32-11-9-8-10-12-32/h8-24,29,41H,5-7,25-28,30-31H2,1-4H3. The van der Waals surface area contributed by atoms with E-state index in [1.165, 1.54) is 6.26 Å². The van der Waals surface area contributed by atoms with Crippen LogP contribution in [0.4, 0.5) is 0 Å². The quantitative estimate of drug-likeness (QED) is 0.0546. The third-order valence-electron chi connectivity index (χ3n) is 8.46. The lowest BCUT2D eigenvalue weighted by Crippen LogP contribution is -2.32. The van der Waals surface area contributed by atoms with Crippen LogP contribution in [0.25, 0.3) is 21.9 Å². The van der Waals surface area contributed by atoms with E-state index in [0.717, 1.165) is 58.6 Å². The first-order valence-electron chi connectivity index (χ1n) is 17.7. The Kier molecular flexibility index (Phi) is 14.5. The Morgan fingerprint density at radius 1 is 0.692 bits per heavy atom. The van der Waals surface area contributed by atoms with Crippen molar-refractivity contribution in [2.75, 3.05) is 58.9 Å². The molecule has 5 rings (SSSR count). The number of sulfone groups is 1. The molecule has 52 heavy (non-hydrogen) atoms. The van der Waals surface area contributed by atoms with Crippen molar-refractivity contribution in [2.24, 2.45) is 0 Å². The van der Waals surface area contributed by atoms with Crippen LogP contribution in [0.15, 0.2) is 114 Å². The maximum atomic E-state index is 12.1. The van der Waals surface area contributed by atoms with Crippen molar-refractivity contribution in [3.05, 3.63) is 115 Å². The fourth-order valence-electron chi connectivity index (χ4n) is 5.66. The Hall–Kier alpha value is -4.45. The number of hydrogen-bond acceptors (Lipinski definition) is 9. The van der Waals surface area contributed by atoms with Crippen molar-refractivity contribution >= 4 is 20.6 Å². The molecule has 0 saturated heterocycles. The molecule has 0 saturated carbocycles. The molecule has 0 bridgehead atoms. The van der Waals surface area contributed by atoms with Crippen LogP contribution in [0.5, 0.6) is 23.0 Å². The number of benzene rings is 5. The third-order valence-corrected chi connectivity index (χ3v) is 9.59. The van der Waals surface area contributed by atoms with E-state index < -0.39 is 9.84 Å². The molecule has 0 N–H and O–H groups in total. The Labute approximate surface area is 307 Å². The van der Waals surface area contributed by atoms with Crippen LogP contribution in [0.3, 0.4) is 0 Å². The number of nitrogens with zero attached hydrogens (tertiary/aromatic N) is 1. The van der Waals surface area contributed by atoms with Crippen LogP contribution in [0.1, 0.15) is 26.3 Å². The lowest BCUT2D eigenvalue weighted by Gasteiger charge is -2.22. The molecule has 0 spiro atoms. The van der Waals surface area contributed by atoms with Gasteiger partial charge in [0.25, 0.3) is 0 Å². The average Bonchev–Trinajstić information content (AvgIpc) is 3.16. The van der Waals surface area contributed by atoms with Gasteiger partial charge in [-0.3, -0.25) is 4.90 Å². The minimum Gasteiger partial charge on any atom is -0.492 e. The number of ether oxygens (including phenoxy) is 6. The Morgan fingerprint density at radius 2 is 1.37 bits per heavy atom. The minimum atomic E-state index is -3.33. The maximum Gasteiger partial charge on any atom is 0.180 e. The molecule has 0 amide bonds. The van der Waals surface area contributed by atoms with Gasteiger partial charge in [-0.25, -0.2) is 8.42 Å². The van der Waals surface area contributed by atoms with Crippen LogP contribution >= 0.6 is 0 Å². The highest BCUT2D eigenvalue weighted by Crippen LogP contribution is 2.41. The summed E-state index contributed by atoms with van der Waals surface area (Å²) in [6.07, 6.45) is 0.871. The second kappa shape index (κ2) is 19.4. The molecule has 9 nitrogen and oxygen atoms in total. The first-order valence-corrected chi connectivity index (χ1v) is 19.6. The molecule has 0 aromatic heterocycles. The van der Waals surface area contributed by atoms with Gasteiger partial charge in [-0.05, 0) is 97.6 Å². The lowest BCUT2D eigenvalue weighted by atomic mass is 9.99. The minimum absolute atomic E-state index is 0.263. The predicted octanol–water partition coefficient (Wildman–Crippen LogP) is 8.40. The van der Waals surface area contributed by atoms with E-state index in [0.29, 0.717) is 51.1 Å². The molecule has 0 aliphatic rings. The molecule has 5 aromatic carbocycles. The van der Waals surface area contributed by atoms with Crippen LogP contribution in [-0.4, -0.2) is 78.5 Å². The highest BCUT2D eigenvalue weighted by Gasteiger charge is 2.16. The van der Waals surface area contributed by atoms with Gasteiger partial charge in [-0.15, -0.1) is 0 Å². The first kappa shape index (κ1) is 38.8. The second-order valence-electron chi connectivity index (χ2n) is 12.2. The van der Waals surface area contributed by atoms with E-state index in [1.54, 1.807) is 12.1 Å².